The number of methoxy groups -OCH3 is 1. The first-order valence-corrected chi connectivity index (χ1v) is 7.37. The molecule has 2 unspecified atom stereocenters. The normalized spacial score (nSPS) is 20.8. The Morgan fingerprint density at radius 2 is 2.33 bits per heavy atom. The quantitative estimate of drug-likeness (QED) is 0.905. The summed E-state index contributed by atoms with van der Waals surface area (Å²) in [5, 5.41) is 12.7. The highest BCUT2D eigenvalue weighted by atomic mass is 32.2. The number of nitriles is 1. The van der Waals surface area contributed by atoms with Crippen LogP contribution in [0.2, 0.25) is 0 Å². The molecule has 1 aliphatic heterocycles. The number of ether oxygens (including phenoxy) is 1. The van der Waals surface area contributed by atoms with Crippen molar-refractivity contribution in [2.45, 2.75) is 18.9 Å². The third-order valence-electron chi connectivity index (χ3n) is 3.22. The third-order valence-corrected chi connectivity index (χ3v) is 4.47. The number of hydrogen-bond donors (Lipinski definition) is 1. The molecule has 0 amide bonds. The summed E-state index contributed by atoms with van der Waals surface area (Å²) >= 11 is 1.94. The smallest absolute Gasteiger partial charge is 0.141 e. The van der Waals surface area contributed by atoms with Crippen molar-refractivity contribution in [3.63, 3.8) is 0 Å². The molecule has 96 valence electrons. The Kier molecular flexibility index (Phi) is 4.77. The molecule has 1 aliphatic rings. The summed E-state index contributed by atoms with van der Waals surface area (Å²) in [6, 6.07) is 10.0. The number of para-hydroxylation sites is 2. The predicted octanol–water partition coefficient (Wildman–Crippen LogP) is 3.14. The van der Waals surface area contributed by atoms with E-state index < -0.39 is 0 Å². The van der Waals surface area contributed by atoms with Gasteiger partial charge in [0, 0.05) is 5.92 Å². The molecule has 4 heteroatoms. The van der Waals surface area contributed by atoms with Crippen LogP contribution in [0.4, 0.5) is 5.69 Å². The van der Waals surface area contributed by atoms with Gasteiger partial charge in [-0.1, -0.05) is 12.1 Å². The number of nitrogens with zero attached hydrogens (tertiary/aromatic N) is 1. The zero-order valence-electron chi connectivity index (χ0n) is 10.6. The number of benzene rings is 1. The van der Waals surface area contributed by atoms with Crippen molar-refractivity contribution in [2.75, 3.05) is 23.9 Å². The van der Waals surface area contributed by atoms with Gasteiger partial charge in [-0.15, -0.1) is 0 Å². The fraction of sp³-hybridized carbons (Fsp3) is 0.500. The molecule has 2 rings (SSSR count). The molecular formula is C14H18N2OS. The van der Waals surface area contributed by atoms with Gasteiger partial charge in [-0.2, -0.15) is 17.0 Å². The lowest BCUT2D eigenvalue weighted by molar-refractivity contribution is 0.415. The molecule has 1 N–H and O–H groups in total. The second kappa shape index (κ2) is 6.55. The van der Waals surface area contributed by atoms with Gasteiger partial charge in [0.1, 0.15) is 11.8 Å². The minimum Gasteiger partial charge on any atom is -0.495 e. The third kappa shape index (κ3) is 3.11. The molecule has 1 fully saturated rings. The van der Waals surface area contributed by atoms with Crippen LogP contribution < -0.4 is 10.1 Å². The highest BCUT2D eigenvalue weighted by Gasteiger charge is 2.24. The van der Waals surface area contributed by atoms with E-state index in [1.807, 2.05) is 36.0 Å². The lowest BCUT2D eigenvalue weighted by Crippen LogP contribution is -2.31. The van der Waals surface area contributed by atoms with E-state index in [1.165, 1.54) is 12.2 Å². The summed E-state index contributed by atoms with van der Waals surface area (Å²) in [7, 11) is 1.65. The minimum absolute atomic E-state index is 0.130. The van der Waals surface area contributed by atoms with Crippen molar-refractivity contribution >= 4 is 17.4 Å². The van der Waals surface area contributed by atoms with Crippen LogP contribution in [-0.4, -0.2) is 24.7 Å². The molecule has 1 aromatic carbocycles. The van der Waals surface area contributed by atoms with E-state index in [4.69, 9.17) is 4.74 Å². The van der Waals surface area contributed by atoms with Gasteiger partial charge in [0.2, 0.25) is 0 Å². The van der Waals surface area contributed by atoms with Crippen LogP contribution in [0.1, 0.15) is 12.8 Å². The molecule has 2 atom stereocenters. The summed E-state index contributed by atoms with van der Waals surface area (Å²) < 4.78 is 5.30. The molecule has 0 aliphatic carbocycles. The second-order valence-electron chi connectivity index (χ2n) is 4.43. The van der Waals surface area contributed by atoms with E-state index in [0.29, 0.717) is 5.92 Å². The Morgan fingerprint density at radius 3 is 3.00 bits per heavy atom. The van der Waals surface area contributed by atoms with E-state index in [1.54, 1.807) is 7.11 Å². The van der Waals surface area contributed by atoms with E-state index in [2.05, 4.69) is 11.4 Å². The zero-order chi connectivity index (χ0) is 12.8. The fourth-order valence-electron chi connectivity index (χ4n) is 2.22. The molecule has 0 saturated carbocycles. The first-order chi connectivity index (χ1) is 8.85. The number of anilines is 1. The van der Waals surface area contributed by atoms with E-state index in [0.717, 1.165) is 23.6 Å². The SMILES string of the molecule is COc1ccccc1NC(C#N)C1CCCSC1. The summed E-state index contributed by atoms with van der Waals surface area (Å²) in [5.41, 5.74) is 0.905. The topological polar surface area (TPSA) is 45.0 Å². The molecule has 0 spiro atoms. The molecule has 0 radical (unpaired) electrons. The van der Waals surface area contributed by atoms with Gasteiger partial charge in [-0.25, -0.2) is 0 Å². The van der Waals surface area contributed by atoms with E-state index in [-0.39, 0.29) is 6.04 Å². The summed E-state index contributed by atoms with van der Waals surface area (Å²) in [6.45, 7) is 0. The summed E-state index contributed by atoms with van der Waals surface area (Å²) in [5.74, 6) is 3.52. The highest BCUT2D eigenvalue weighted by molar-refractivity contribution is 7.99. The zero-order valence-corrected chi connectivity index (χ0v) is 11.4. The first-order valence-electron chi connectivity index (χ1n) is 6.22. The van der Waals surface area contributed by atoms with Gasteiger partial charge in [-0.3, -0.25) is 0 Å². The maximum absolute atomic E-state index is 9.34. The van der Waals surface area contributed by atoms with Crippen molar-refractivity contribution in [3.05, 3.63) is 24.3 Å². The summed E-state index contributed by atoms with van der Waals surface area (Å²) in [6.07, 6.45) is 2.34. The fourth-order valence-corrected chi connectivity index (χ4v) is 3.41. The average molecular weight is 262 g/mol. The Morgan fingerprint density at radius 1 is 1.50 bits per heavy atom. The monoisotopic (exact) mass is 262 g/mol. The van der Waals surface area contributed by atoms with Crippen molar-refractivity contribution < 1.29 is 4.74 Å². The van der Waals surface area contributed by atoms with Gasteiger partial charge in [0.25, 0.3) is 0 Å². The van der Waals surface area contributed by atoms with Crippen molar-refractivity contribution in [2.24, 2.45) is 5.92 Å². The number of rotatable bonds is 4. The standard InChI is InChI=1S/C14H18N2OS/c1-17-14-7-3-2-6-12(14)16-13(9-15)11-5-4-8-18-10-11/h2-3,6-7,11,13,16H,4-5,8,10H2,1H3. The Bertz CT molecular complexity index is 424. The molecule has 0 bridgehead atoms. The van der Waals surface area contributed by atoms with Crippen LogP contribution in [0.25, 0.3) is 0 Å². The van der Waals surface area contributed by atoms with E-state index >= 15 is 0 Å². The molecule has 3 nitrogen and oxygen atoms in total. The Labute approximate surface area is 113 Å². The van der Waals surface area contributed by atoms with Gasteiger partial charge in [0.15, 0.2) is 0 Å². The van der Waals surface area contributed by atoms with Crippen LogP contribution in [0, 0.1) is 17.2 Å². The number of hydrogen-bond acceptors (Lipinski definition) is 4. The number of thioether (sulfide) groups is 1. The maximum Gasteiger partial charge on any atom is 0.141 e. The molecule has 0 aromatic heterocycles. The molecule has 1 heterocycles. The van der Waals surface area contributed by atoms with Gasteiger partial charge in [0.05, 0.1) is 18.9 Å². The van der Waals surface area contributed by atoms with Gasteiger partial charge < -0.3 is 10.1 Å². The van der Waals surface area contributed by atoms with Crippen LogP contribution in [0.5, 0.6) is 5.75 Å². The minimum atomic E-state index is -0.130. The van der Waals surface area contributed by atoms with Crippen molar-refractivity contribution in [1.82, 2.24) is 0 Å². The van der Waals surface area contributed by atoms with Crippen molar-refractivity contribution in [1.29, 1.82) is 5.26 Å². The highest BCUT2D eigenvalue weighted by Crippen LogP contribution is 2.29. The van der Waals surface area contributed by atoms with Crippen LogP contribution in [0.3, 0.4) is 0 Å². The largest absolute Gasteiger partial charge is 0.495 e. The first kappa shape index (κ1) is 13.1. The average Bonchev–Trinajstić information content (AvgIpc) is 2.46. The molecule has 18 heavy (non-hydrogen) atoms. The lowest BCUT2D eigenvalue weighted by Gasteiger charge is -2.27. The molecule has 1 aromatic rings. The predicted molar refractivity (Wildman–Crippen MR) is 76.1 cm³/mol. The molecule has 1 saturated heterocycles. The lowest BCUT2D eigenvalue weighted by atomic mass is 9.97. The van der Waals surface area contributed by atoms with Crippen LogP contribution >= 0.6 is 11.8 Å². The maximum atomic E-state index is 9.34. The molecular weight excluding hydrogens is 244 g/mol. The summed E-state index contributed by atoms with van der Waals surface area (Å²) in [4.78, 5) is 0. The Hall–Kier alpha value is -1.34. The van der Waals surface area contributed by atoms with Gasteiger partial charge >= 0.3 is 0 Å². The van der Waals surface area contributed by atoms with Crippen LogP contribution in [0.15, 0.2) is 24.3 Å². The van der Waals surface area contributed by atoms with E-state index in [9.17, 15) is 5.26 Å². The second-order valence-corrected chi connectivity index (χ2v) is 5.58. The van der Waals surface area contributed by atoms with Gasteiger partial charge in [-0.05, 0) is 36.5 Å². The Balaban J connectivity index is 2.07. The van der Waals surface area contributed by atoms with Crippen molar-refractivity contribution in [3.8, 4) is 11.8 Å². The number of nitrogens with one attached hydrogen (secondary N) is 1. The van der Waals surface area contributed by atoms with Crippen LogP contribution in [-0.2, 0) is 0 Å².